The highest BCUT2D eigenvalue weighted by atomic mass is 16.2. The number of nitrogens with one attached hydrogen (secondary N) is 2. The predicted octanol–water partition coefficient (Wildman–Crippen LogP) is 9.06. The van der Waals surface area contributed by atoms with Crippen molar-refractivity contribution in [2.24, 2.45) is 0 Å². The van der Waals surface area contributed by atoms with Gasteiger partial charge in [0.05, 0.1) is 22.8 Å². The van der Waals surface area contributed by atoms with Gasteiger partial charge in [0.25, 0.3) is 5.91 Å². The lowest BCUT2D eigenvalue weighted by Gasteiger charge is -2.27. The molecule has 8 bridgehead atoms. The number of amides is 1. The van der Waals surface area contributed by atoms with Gasteiger partial charge in [0.1, 0.15) is 0 Å². The number of fused-ring (bicyclic) bond motifs is 8. The summed E-state index contributed by atoms with van der Waals surface area (Å²) in [6.07, 6.45) is 9.85. The first kappa shape index (κ1) is 34.5. The van der Waals surface area contributed by atoms with E-state index in [9.17, 15) is 4.79 Å². The highest BCUT2D eigenvalue weighted by Crippen LogP contribution is 2.39. The molecule has 1 saturated heterocycles. The van der Waals surface area contributed by atoms with Crippen LogP contribution in [0.15, 0.2) is 127 Å². The quantitative estimate of drug-likeness (QED) is 0.153. The van der Waals surface area contributed by atoms with Crippen LogP contribution in [0.4, 0.5) is 0 Å². The van der Waals surface area contributed by atoms with Gasteiger partial charge in [-0.05, 0) is 83.7 Å². The molecule has 4 N–H and O–H groups in total. The molecule has 0 radical (unpaired) electrons. The van der Waals surface area contributed by atoms with Crippen molar-refractivity contribution < 1.29 is 4.79 Å². The first-order valence-corrected chi connectivity index (χ1v) is 19.6. The van der Waals surface area contributed by atoms with Crippen LogP contribution >= 0.6 is 0 Å². The Morgan fingerprint density at radius 3 is 1.37 bits per heavy atom. The second-order valence-corrected chi connectivity index (χ2v) is 14.7. The molecule has 4 aliphatic heterocycles. The fraction of sp³-hybridized carbons (Fsp3) is 0.122. The minimum absolute atomic E-state index is 0.0492. The molecule has 10 rings (SSSR count). The van der Waals surface area contributed by atoms with Gasteiger partial charge in [-0.25, -0.2) is 9.97 Å². The van der Waals surface area contributed by atoms with Crippen LogP contribution in [0.25, 0.3) is 79.8 Å². The van der Waals surface area contributed by atoms with Crippen LogP contribution in [-0.4, -0.2) is 56.6 Å². The van der Waals surface area contributed by atoms with Gasteiger partial charge < -0.3 is 21.0 Å². The topological polar surface area (TPSA) is 105 Å². The van der Waals surface area contributed by atoms with Crippen LogP contribution in [-0.2, 0) is 12.8 Å². The Kier molecular flexibility index (Phi) is 8.80. The van der Waals surface area contributed by atoms with E-state index in [1.807, 2.05) is 52.0 Å². The zero-order chi connectivity index (χ0) is 38.3. The van der Waals surface area contributed by atoms with Crippen LogP contribution < -0.4 is 11.2 Å². The van der Waals surface area contributed by atoms with Gasteiger partial charge in [-0.2, -0.15) is 0 Å². The summed E-state index contributed by atoms with van der Waals surface area (Å²) in [5.41, 5.74) is 16.0. The van der Waals surface area contributed by atoms with Crippen molar-refractivity contribution in [2.45, 2.75) is 12.8 Å². The molecule has 0 aliphatic carbocycles. The Hall–Kier alpha value is -7.03. The van der Waals surface area contributed by atoms with Crippen LogP contribution in [0.5, 0.6) is 0 Å². The lowest BCUT2D eigenvalue weighted by atomic mass is 9.98. The van der Waals surface area contributed by atoms with E-state index in [2.05, 4.69) is 120 Å². The number of H-pyrrole nitrogens is 1. The maximum atomic E-state index is 13.5. The van der Waals surface area contributed by atoms with Crippen LogP contribution in [0.2, 0.25) is 0 Å². The first-order valence-electron chi connectivity index (χ1n) is 19.6. The molecule has 1 fully saturated rings. The number of carbonyl (C=O) groups is 1. The van der Waals surface area contributed by atoms with Crippen molar-refractivity contribution in [3.05, 3.63) is 167 Å². The Labute approximate surface area is 331 Å². The number of nitrogen functional groups attached to an aromatic ring is 1. The van der Waals surface area contributed by atoms with Crippen molar-refractivity contribution in [2.75, 3.05) is 32.0 Å². The summed E-state index contributed by atoms with van der Waals surface area (Å²) >= 11 is 0. The summed E-state index contributed by atoms with van der Waals surface area (Å²) in [5.74, 6) is 7.36. The van der Waals surface area contributed by atoms with Crippen molar-refractivity contribution >= 4 is 41.2 Å². The van der Waals surface area contributed by atoms with Crippen LogP contribution in [0.3, 0.4) is 0 Å². The average Bonchev–Trinajstić information content (AvgIpc) is 4.11. The molecule has 278 valence electrons. The van der Waals surface area contributed by atoms with Gasteiger partial charge in [-0.1, -0.05) is 103 Å². The summed E-state index contributed by atoms with van der Waals surface area (Å²) in [4.78, 5) is 30.1. The van der Waals surface area contributed by atoms with E-state index >= 15 is 0 Å². The van der Waals surface area contributed by atoms with E-state index < -0.39 is 0 Å². The first-order chi connectivity index (χ1) is 28.1. The monoisotopic (exact) mass is 743 g/mol. The molecular weight excluding hydrogens is 703 g/mol. The lowest BCUT2D eigenvalue weighted by Crippen LogP contribution is -2.46. The minimum atomic E-state index is 0.0492. The number of piperazine rings is 1. The molecule has 57 heavy (non-hydrogen) atoms. The highest BCUT2D eigenvalue weighted by Gasteiger charge is 2.26. The van der Waals surface area contributed by atoms with Gasteiger partial charge >= 0.3 is 0 Å². The van der Waals surface area contributed by atoms with Gasteiger partial charge in [-0.3, -0.25) is 9.47 Å². The van der Waals surface area contributed by atoms with E-state index in [-0.39, 0.29) is 5.91 Å². The number of aromatic nitrogens is 4. The third kappa shape index (κ3) is 6.30. The number of benzene rings is 4. The fourth-order valence-corrected chi connectivity index (χ4v) is 8.55. The minimum Gasteiger partial charge on any atom is -0.354 e. The molecule has 4 aliphatic rings. The average molecular weight is 744 g/mol. The normalized spacial score (nSPS) is 14.1. The molecule has 6 aromatic rings. The number of nitrogens with two attached hydrogens (primary N) is 1. The molecule has 6 heterocycles. The summed E-state index contributed by atoms with van der Waals surface area (Å²) in [5, 5.41) is 3.34. The Bertz CT molecular complexity index is 2780. The molecule has 4 aromatic carbocycles. The molecule has 0 unspecified atom stereocenters. The maximum absolute atomic E-state index is 13.5. The van der Waals surface area contributed by atoms with Gasteiger partial charge in [0.2, 0.25) is 0 Å². The van der Waals surface area contributed by atoms with Crippen LogP contribution in [0, 0.1) is 0 Å². The largest absolute Gasteiger partial charge is 0.354 e. The number of rotatable bonds is 5. The van der Waals surface area contributed by atoms with E-state index in [1.165, 1.54) is 0 Å². The van der Waals surface area contributed by atoms with Crippen molar-refractivity contribution in [1.29, 1.82) is 0 Å². The number of hydrogen-bond donors (Lipinski definition) is 3. The van der Waals surface area contributed by atoms with Gasteiger partial charge in [-0.15, -0.1) is 0 Å². The van der Waals surface area contributed by atoms with Crippen molar-refractivity contribution in [3.63, 3.8) is 0 Å². The molecule has 1 amide bonds. The molecular formula is C49H41N7O. The molecule has 8 heteroatoms. The summed E-state index contributed by atoms with van der Waals surface area (Å²) < 4.78 is 1.87. The predicted molar refractivity (Wildman–Crippen MR) is 232 cm³/mol. The smallest absolute Gasteiger partial charge is 0.253 e. The number of carbonyl (C=O) groups excluding carboxylic acids is 1. The van der Waals surface area contributed by atoms with Gasteiger partial charge in [0.15, 0.2) is 0 Å². The molecule has 8 nitrogen and oxygen atoms in total. The summed E-state index contributed by atoms with van der Waals surface area (Å²) in [6.45, 7) is 3.01. The Morgan fingerprint density at radius 2 is 0.912 bits per heavy atom. The SMILES string of the molecule is Nn1c2c(-c3ccccc3)c3nc(c(-c4ccccc4)c4ccc([nH]4)c(-c4ccccc4)c4nc(c(-c5ccc(C(=O)N6CCNCC6)cc5)c1CC2)C=C4)C=C3. The maximum Gasteiger partial charge on any atom is 0.253 e. The summed E-state index contributed by atoms with van der Waals surface area (Å²) in [6, 6.07) is 43.5. The molecule has 0 spiro atoms. The molecule has 0 saturated carbocycles. The second kappa shape index (κ2) is 14.6. The Morgan fingerprint density at radius 1 is 0.509 bits per heavy atom. The molecule has 0 atom stereocenters. The van der Waals surface area contributed by atoms with E-state index in [0.717, 1.165) is 103 Å². The number of aromatic amines is 1. The highest BCUT2D eigenvalue weighted by molar-refractivity contribution is 5.98. The zero-order valence-corrected chi connectivity index (χ0v) is 31.5. The molecule has 2 aromatic heterocycles. The van der Waals surface area contributed by atoms with Crippen molar-refractivity contribution in [3.8, 4) is 44.5 Å². The van der Waals surface area contributed by atoms with E-state index in [0.29, 0.717) is 31.5 Å². The number of hydrogen-bond acceptors (Lipinski definition) is 5. The summed E-state index contributed by atoms with van der Waals surface area (Å²) in [7, 11) is 0. The lowest BCUT2D eigenvalue weighted by molar-refractivity contribution is 0.0736. The van der Waals surface area contributed by atoms with Gasteiger partial charge in [0, 0.05) is 76.4 Å². The van der Waals surface area contributed by atoms with E-state index in [1.54, 1.807) is 0 Å². The fourth-order valence-electron chi connectivity index (χ4n) is 8.55. The van der Waals surface area contributed by atoms with Crippen LogP contribution in [0.1, 0.15) is 44.5 Å². The second-order valence-electron chi connectivity index (χ2n) is 14.7. The number of nitrogens with zero attached hydrogens (tertiary/aromatic N) is 4. The van der Waals surface area contributed by atoms with E-state index in [4.69, 9.17) is 15.8 Å². The third-order valence-electron chi connectivity index (χ3n) is 11.3. The third-order valence-corrected chi connectivity index (χ3v) is 11.3. The van der Waals surface area contributed by atoms with Crippen molar-refractivity contribution in [1.82, 2.24) is 29.8 Å². The standard InChI is InChI=1S/C49H41N7O/c50-56-43-26-27-44(56)48(35-16-18-36(19-17-35)49(57)55-30-28-51-29-31-55)42-25-23-40(54-42)46(33-12-6-2-7-13-33)38-21-20-37(52-38)45(32-10-4-1-5-11-32)39-22-24-41(53-39)47(43)34-14-8-3-9-15-34/h1-25,51-52H,26-31,50H2. The Balaban J connectivity index is 1.30. The zero-order valence-electron chi connectivity index (χ0n) is 31.5.